The number of thiophene rings is 1. The summed E-state index contributed by atoms with van der Waals surface area (Å²) in [4.78, 5) is 12.2. The zero-order chi connectivity index (χ0) is 11.6. The van der Waals surface area contributed by atoms with Crippen LogP contribution in [-0.2, 0) is 0 Å². The Morgan fingerprint density at radius 3 is 3.00 bits per heavy atom. The maximum Gasteiger partial charge on any atom is 0.246 e. The summed E-state index contributed by atoms with van der Waals surface area (Å²) >= 11 is 3.00. The maximum absolute atomic E-state index is 11.5. The van der Waals surface area contributed by atoms with Crippen molar-refractivity contribution in [2.45, 2.75) is 32.6 Å². The largest absolute Gasteiger partial charge is 0.278 e. The fourth-order valence-corrected chi connectivity index (χ4v) is 2.44. The molecule has 3 heteroatoms. The normalized spacial score (nSPS) is 9.56. The van der Waals surface area contributed by atoms with E-state index in [0.29, 0.717) is 0 Å². The second kappa shape index (κ2) is 8.43. The van der Waals surface area contributed by atoms with E-state index in [1.165, 1.54) is 37.0 Å². The van der Waals surface area contributed by atoms with Crippen LogP contribution in [-0.4, -0.2) is 11.5 Å². The molecule has 0 radical (unpaired) electrons. The first-order chi connectivity index (χ1) is 7.84. The summed E-state index contributed by atoms with van der Waals surface area (Å²) in [7, 11) is 0. The Hall–Kier alpha value is -0.720. The molecular formula is C13H16OS2. The minimum absolute atomic E-state index is 0.0592. The van der Waals surface area contributed by atoms with Crippen LogP contribution in [0.5, 0.6) is 0 Å². The molecular weight excluding hydrogens is 236 g/mol. The van der Waals surface area contributed by atoms with E-state index >= 15 is 0 Å². The molecule has 0 aliphatic heterocycles. The second-order valence-electron chi connectivity index (χ2n) is 3.44. The molecule has 0 fully saturated rings. The molecule has 1 rings (SSSR count). The van der Waals surface area contributed by atoms with Gasteiger partial charge >= 0.3 is 0 Å². The lowest BCUT2D eigenvalue weighted by Crippen LogP contribution is -1.89. The van der Waals surface area contributed by atoms with Crippen molar-refractivity contribution < 1.29 is 4.79 Å². The number of carbonyl (C=O) groups excluding carboxylic acids is 1. The van der Waals surface area contributed by atoms with Crippen LogP contribution < -0.4 is 0 Å². The third-order valence-electron chi connectivity index (χ3n) is 2.08. The Bertz CT molecular complexity index is 357. The Labute approximate surface area is 106 Å². The number of hydrogen-bond donors (Lipinski definition) is 0. The van der Waals surface area contributed by atoms with Gasteiger partial charge in [0.15, 0.2) is 0 Å². The summed E-state index contributed by atoms with van der Waals surface area (Å²) in [6.45, 7) is 2.20. The number of rotatable bonds is 6. The molecule has 0 atom stereocenters. The number of thioether (sulfide) groups is 1. The highest BCUT2D eigenvalue weighted by molar-refractivity contribution is 8.03. The summed E-state index contributed by atoms with van der Waals surface area (Å²) in [5.74, 6) is 3.63. The molecule has 0 saturated carbocycles. The maximum atomic E-state index is 11.5. The van der Waals surface area contributed by atoms with E-state index in [0.717, 1.165) is 10.6 Å². The van der Waals surface area contributed by atoms with Crippen molar-refractivity contribution in [2.24, 2.45) is 0 Å². The molecule has 0 unspecified atom stereocenters. The van der Waals surface area contributed by atoms with Gasteiger partial charge in [-0.2, -0.15) is 0 Å². The quantitative estimate of drug-likeness (QED) is 0.429. The van der Waals surface area contributed by atoms with Crippen molar-refractivity contribution in [1.82, 2.24) is 0 Å². The molecule has 1 aromatic heterocycles. The Balaban J connectivity index is 2.15. The Morgan fingerprint density at radius 1 is 1.44 bits per heavy atom. The number of hydrogen-bond acceptors (Lipinski definition) is 3. The first kappa shape index (κ1) is 13.3. The Kier molecular flexibility index (Phi) is 7.03. The zero-order valence-corrected chi connectivity index (χ0v) is 11.1. The molecule has 1 aromatic rings. The highest BCUT2D eigenvalue weighted by Gasteiger charge is 2.00. The lowest BCUT2D eigenvalue weighted by atomic mass is 10.2. The lowest BCUT2D eigenvalue weighted by Gasteiger charge is -1.93. The smallest absolute Gasteiger partial charge is 0.246 e. The summed E-state index contributed by atoms with van der Waals surface area (Å²) in [6.07, 6.45) is 5.01. The Morgan fingerprint density at radius 2 is 2.31 bits per heavy atom. The second-order valence-corrected chi connectivity index (χ2v) is 5.29. The van der Waals surface area contributed by atoms with Crippen molar-refractivity contribution in [2.75, 3.05) is 5.75 Å². The van der Waals surface area contributed by atoms with Crippen LogP contribution >= 0.6 is 23.1 Å². The average Bonchev–Trinajstić information content (AvgIpc) is 2.81. The molecule has 0 aliphatic rings. The molecule has 0 N–H and O–H groups in total. The number of Topliss-reactive ketones (excluding diaryl/α,β-unsaturated/α-hetero) is 1. The molecule has 0 aliphatic carbocycles. The molecule has 0 bridgehead atoms. The number of carbonyl (C=O) groups is 1. The van der Waals surface area contributed by atoms with E-state index in [1.54, 1.807) is 11.8 Å². The first-order valence-corrected chi connectivity index (χ1v) is 7.41. The summed E-state index contributed by atoms with van der Waals surface area (Å²) in [5, 5.41) is 4.77. The molecule has 0 amide bonds. The van der Waals surface area contributed by atoms with Crippen LogP contribution in [0.2, 0.25) is 0 Å². The summed E-state index contributed by atoms with van der Waals surface area (Å²) < 4.78 is 0. The van der Waals surface area contributed by atoms with Crippen molar-refractivity contribution in [3.05, 3.63) is 22.4 Å². The third-order valence-corrected chi connectivity index (χ3v) is 3.69. The molecule has 1 heterocycles. The van der Waals surface area contributed by atoms with Gasteiger partial charge < -0.3 is 0 Å². The zero-order valence-electron chi connectivity index (χ0n) is 9.49. The van der Waals surface area contributed by atoms with E-state index in [-0.39, 0.29) is 5.78 Å². The van der Waals surface area contributed by atoms with Gasteiger partial charge in [0.05, 0.1) is 4.88 Å². The predicted octanol–water partition coefficient (Wildman–Crippen LogP) is 4.21. The van der Waals surface area contributed by atoms with E-state index in [2.05, 4.69) is 18.1 Å². The van der Waals surface area contributed by atoms with Crippen molar-refractivity contribution >= 4 is 28.9 Å². The van der Waals surface area contributed by atoms with Crippen molar-refractivity contribution in [3.63, 3.8) is 0 Å². The molecule has 0 saturated heterocycles. The van der Waals surface area contributed by atoms with Crippen molar-refractivity contribution in [3.8, 4) is 11.2 Å². The van der Waals surface area contributed by atoms with Crippen molar-refractivity contribution in [1.29, 1.82) is 0 Å². The van der Waals surface area contributed by atoms with Gasteiger partial charge in [0, 0.05) is 5.75 Å². The predicted molar refractivity (Wildman–Crippen MR) is 73.0 cm³/mol. The van der Waals surface area contributed by atoms with Gasteiger partial charge in [-0.25, -0.2) is 0 Å². The van der Waals surface area contributed by atoms with Gasteiger partial charge in [-0.3, -0.25) is 4.79 Å². The molecule has 16 heavy (non-hydrogen) atoms. The van der Waals surface area contributed by atoms with Crippen LogP contribution in [0.25, 0.3) is 0 Å². The van der Waals surface area contributed by atoms with Gasteiger partial charge in [0.1, 0.15) is 0 Å². The minimum atomic E-state index is -0.0592. The first-order valence-electron chi connectivity index (χ1n) is 5.55. The molecule has 1 nitrogen and oxygen atoms in total. The van der Waals surface area contributed by atoms with E-state index in [1.807, 2.05) is 17.5 Å². The fraction of sp³-hybridized carbons (Fsp3) is 0.462. The highest BCUT2D eigenvalue weighted by atomic mass is 32.2. The topological polar surface area (TPSA) is 17.1 Å². The van der Waals surface area contributed by atoms with Crippen LogP contribution in [0, 0.1) is 11.2 Å². The fourth-order valence-electron chi connectivity index (χ4n) is 1.20. The molecule has 0 spiro atoms. The minimum Gasteiger partial charge on any atom is -0.278 e. The summed E-state index contributed by atoms with van der Waals surface area (Å²) in [5.41, 5.74) is 0. The van der Waals surface area contributed by atoms with Gasteiger partial charge in [-0.1, -0.05) is 44.0 Å². The third kappa shape index (κ3) is 5.39. The number of unbranched alkanes of at least 4 members (excludes halogenated alkanes) is 3. The van der Waals surface area contributed by atoms with Crippen LogP contribution in [0.15, 0.2) is 17.5 Å². The number of ketones is 1. The van der Waals surface area contributed by atoms with E-state index in [4.69, 9.17) is 0 Å². The van der Waals surface area contributed by atoms with Gasteiger partial charge in [-0.15, -0.1) is 11.3 Å². The van der Waals surface area contributed by atoms with Gasteiger partial charge in [-0.05, 0) is 29.0 Å². The van der Waals surface area contributed by atoms with Crippen LogP contribution in [0.1, 0.15) is 42.3 Å². The standard InChI is InChI=1S/C13H16OS2/c1-2-3-4-5-9-15-11-8-12(14)13-7-6-10-16-13/h6-7,10H,2-5,9H2,1H3. The molecule has 86 valence electrons. The van der Waals surface area contributed by atoms with Crippen LogP contribution in [0.3, 0.4) is 0 Å². The van der Waals surface area contributed by atoms with Gasteiger partial charge in [0.2, 0.25) is 5.78 Å². The molecule has 0 aromatic carbocycles. The summed E-state index contributed by atoms with van der Waals surface area (Å²) in [6, 6.07) is 3.69. The van der Waals surface area contributed by atoms with Gasteiger partial charge in [0.25, 0.3) is 0 Å². The average molecular weight is 252 g/mol. The highest BCUT2D eigenvalue weighted by Crippen LogP contribution is 2.09. The SMILES string of the molecule is CCCCCCSC#CC(=O)c1cccs1. The van der Waals surface area contributed by atoms with E-state index in [9.17, 15) is 4.79 Å². The lowest BCUT2D eigenvalue weighted by molar-refractivity contribution is 0.106. The van der Waals surface area contributed by atoms with Crippen LogP contribution in [0.4, 0.5) is 0 Å². The van der Waals surface area contributed by atoms with E-state index < -0.39 is 0 Å². The monoisotopic (exact) mass is 252 g/mol.